The van der Waals surface area contributed by atoms with E-state index in [0.717, 1.165) is 11.1 Å². The molecule has 0 aliphatic carbocycles. The number of halogens is 2. The molecule has 156 valence electrons. The second kappa shape index (κ2) is 10.2. The Labute approximate surface area is 192 Å². The van der Waals surface area contributed by atoms with E-state index in [2.05, 4.69) is 22.5 Å². The molecule has 0 radical (unpaired) electrons. The third-order valence-electron chi connectivity index (χ3n) is 4.11. The number of rotatable bonds is 8. The van der Waals surface area contributed by atoms with E-state index in [4.69, 9.17) is 21.7 Å². The van der Waals surface area contributed by atoms with E-state index in [0.29, 0.717) is 38.3 Å². The molecule has 1 saturated heterocycles. The Bertz CT molecular complexity index is 1010. The number of thiocarbonyl (C=S) groups is 1. The molecule has 1 aliphatic heterocycles. The molecule has 3 rings (SSSR count). The van der Waals surface area contributed by atoms with Crippen LogP contribution in [-0.4, -0.2) is 28.3 Å². The highest BCUT2D eigenvalue weighted by molar-refractivity contribution is 9.10. The van der Waals surface area contributed by atoms with Crippen LogP contribution in [0.4, 0.5) is 4.39 Å². The molecule has 0 unspecified atom stereocenters. The quantitative estimate of drug-likeness (QED) is 0.250. The maximum Gasteiger partial charge on any atom is 0.266 e. The van der Waals surface area contributed by atoms with Gasteiger partial charge in [-0.3, -0.25) is 9.69 Å². The minimum Gasteiger partial charge on any atom is -0.490 e. The Morgan fingerprint density at radius 3 is 2.67 bits per heavy atom. The van der Waals surface area contributed by atoms with Gasteiger partial charge in [0.1, 0.15) is 16.7 Å². The van der Waals surface area contributed by atoms with Crippen LogP contribution in [0.1, 0.15) is 18.1 Å². The fourth-order valence-electron chi connectivity index (χ4n) is 2.75. The summed E-state index contributed by atoms with van der Waals surface area (Å²) < 4.78 is 26.0. The summed E-state index contributed by atoms with van der Waals surface area (Å²) in [6, 6.07) is 9.79. The van der Waals surface area contributed by atoms with Crippen molar-refractivity contribution in [1.29, 1.82) is 0 Å². The van der Waals surface area contributed by atoms with Gasteiger partial charge in [-0.1, -0.05) is 42.2 Å². The Morgan fingerprint density at radius 1 is 1.27 bits per heavy atom. The van der Waals surface area contributed by atoms with Crippen molar-refractivity contribution < 1.29 is 18.7 Å². The SMILES string of the molecule is C=CCN1C(=O)C(=Cc2cc(Br)c(OCc3ccc(F)cc3)c(OCC)c2)SC1=S. The number of carbonyl (C=O) groups is 1. The molecule has 2 aromatic carbocycles. The summed E-state index contributed by atoms with van der Waals surface area (Å²) in [5.41, 5.74) is 1.61. The van der Waals surface area contributed by atoms with Gasteiger partial charge in [0.15, 0.2) is 11.5 Å². The van der Waals surface area contributed by atoms with Crippen molar-refractivity contribution in [2.45, 2.75) is 13.5 Å². The van der Waals surface area contributed by atoms with Gasteiger partial charge in [-0.25, -0.2) is 4.39 Å². The number of carbonyl (C=O) groups excluding carboxylic acids is 1. The zero-order chi connectivity index (χ0) is 21.7. The number of nitrogens with zero attached hydrogens (tertiary/aromatic N) is 1. The minimum absolute atomic E-state index is 0.143. The second-order valence-electron chi connectivity index (χ2n) is 6.26. The molecule has 2 aromatic rings. The number of benzene rings is 2. The van der Waals surface area contributed by atoms with Crippen molar-refractivity contribution in [2.75, 3.05) is 13.2 Å². The third kappa shape index (κ3) is 5.30. The zero-order valence-corrected chi connectivity index (χ0v) is 19.4. The first kappa shape index (κ1) is 22.5. The fourth-order valence-corrected chi connectivity index (χ4v) is 4.60. The average molecular weight is 508 g/mol. The van der Waals surface area contributed by atoms with Gasteiger partial charge in [-0.05, 0) is 64.3 Å². The first-order valence-electron chi connectivity index (χ1n) is 9.12. The maximum atomic E-state index is 13.1. The standard InChI is InChI=1S/C22H19BrFNO3S2/c1-3-9-25-21(26)19(30-22(25)29)12-15-10-17(23)20(18(11-15)27-4-2)28-13-14-5-7-16(24)8-6-14/h3,5-8,10-12H,1,4,9,13H2,2H3. The van der Waals surface area contributed by atoms with Gasteiger partial charge in [0.05, 0.1) is 16.0 Å². The lowest BCUT2D eigenvalue weighted by Gasteiger charge is -2.15. The molecule has 1 amide bonds. The molecular formula is C22H19BrFNO3S2. The topological polar surface area (TPSA) is 38.8 Å². The molecule has 0 spiro atoms. The molecule has 30 heavy (non-hydrogen) atoms. The van der Waals surface area contributed by atoms with E-state index in [1.807, 2.05) is 19.1 Å². The van der Waals surface area contributed by atoms with Crippen LogP contribution >= 0.6 is 39.9 Å². The number of ether oxygens (including phenoxy) is 2. The Balaban J connectivity index is 1.85. The lowest BCUT2D eigenvalue weighted by molar-refractivity contribution is -0.121. The number of amides is 1. The Morgan fingerprint density at radius 2 is 2.00 bits per heavy atom. The highest BCUT2D eigenvalue weighted by atomic mass is 79.9. The van der Waals surface area contributed by atoms with Crippen LogP contribution in [0.2, 0.25) is 0 Å². The summed E-state index contributed by atoms with van der Waals surface area (Å²) in [5, 5.41) is 0. The predicted molar refractivity (Wildman–Crippen MR) is 126 cm³/mol. The molecule has 0 aromatic heterocycles. The molecule has 0 atom stereocenters. The van der Waals surface area contributed by atoms with Crippen LogP contribution in [0.5, 0.6) is 11.5 Å². The van der Waals surface area contributed by atoms with Crippen molar-refractivity contribution >= 4 is 56.2 Å². The minimum atomic E-state index is -0.294. The van der Waals surface area contributed by atoms with Gasteiger partial charge in [0.2, 0.25) is 0 Å². The van der Waals surface area contributed by atoms with Crippen LogP contribution < -0.4 is 9.47 Å². The molecule has 0 bridgehead atoms. The van der Waals surface area contributed by atoms with Gasteiger partial charge in [0, 0.05) is 6.54 Å². The summed E-state index contributed by atoms with van der Waals surface area (Å²) in [4.78, 5) is 14.6. The largest absolute Gasteiger partial charge is 0.490 e. The van der Waals surface area contributed by atoms with E-state index in [1.165, 1.54) is 28.8 Å². The predicted octanol–water partition coefficient (Wildman–Crippen LogP) is 5.95. The molecule has 0 saturated carbocycles. The van der Waals surface area contributed by atoms with Crippen LogP contribution in [0, 0.1) is 5.82 Å². The van der Waals surface area contributed by atoms with Crippen LogP contribution in [0.3, 0.4) is 0 Å². The molecule has 1 aliphatic rings. The molecule has 8 heteroatoms. The Hall–Kier alpha value is -2.16. The normalized spacial score (nSPS) is 15.0. The van der Waals surface area contributed by atoms with E-state index < -0.39 is 0 Å². The first-order valence-corrected chi connectivity index (χ1v) is 11.1. The summed E-state index contributed by atoms with van der Waals surface area (Å²) in [6.45, 7) is 6.63. The Kier molecular flexibility index (Phi) is 7.69. The van der Waals surface area contributed by atoms with Gasteiger partial charge in [0.25, 0.3) is 5.91 Å². The molecule has 0 N–H and O–H groups in total. The smallest absolute Gasteiger partial charge is 0.266 e. The van der Waals surface area contributed by atoms with Crippen LogP contribution in [-0.2, 0) is 11.4 Å². The number of thioether (sulfide) groups is 1. The van der Waals surface area contributed by atoms with Crippen molar-refractivity contribution in [2.24, 2.45) is 0 Å². The lowest BCUT2D eigenvalue weighted by Crippen LogP contribution is -2.27. The van der Waals surface area contributed by atoms with Crippen molar-refractivity contribution in [1.82, 2.24) is 4.90 Å². The monoisotopic (exact) mass is 507 g/mol. The zero-order valence-electron chi connectivity index (χ0n) is 16.2. The maximum absolute atomic E-state index is 13.1. The van der Waals surface area contributed by atoms with Crippen molar-refractivity contribution in [3.63, 3.8) is 0 Å². The molecule has 1 heterocycles. The highest BCUT2D eigenvalue weighted by Crippen LogP contribution is 2.39. The molecular weight excluding hydrogens is 489 g/mol. The van der Waals surface area contributed by atoms with E-state index in [9.17, 15) is 9.18 Å². The van der Waals surface area contributed by atoms with Gasteiger partial charge in [-0.15, -0.1) is 6.58 Å². The summed E-state index contributed by atoms with van der Waals surface area (Å²) in [5.74, 6) is 0.646. The number of hydrogen-bond acceptors (Lipinski definition) is 5. The molecule has 1 fully saturated rings. The molecule has 4 nitrogen and oxygen atoms in total. The van der Waals surface area contributed by atoms with Gasteiger partial charge in [-0.2, -0.15) is 0 Å². The van der Waals surface area contributed by atoms with E-state index in [-0.39, 0.29) is 18.3 Å². The second-order valence-corrected chi connectivity index (χ2v) is 8.79. The van der Waals surface area contributed by atoms with Crippen molar-refractivity contribution in [3.05, 3.63) is 75.4 Å². The van der Waals surface area contributed by atoms with Crippen LogP contribution in [0.25, 0.3) is 6.08 Å². The van der Waals surface area contributed by atoms with Gasteiger partial charge >= 0.3 is 0 Å². The first-order chi connectivity index (χ1) is 14.4. The van der Waals surface area contributed by atoms with Crippen LogP contribution in [0.15, 0.2) is 58.4 Å². The summed E-state index contributed by atoms with van der Waals surface area (Å²) in [7, 11) is 0. The third-order valence-corrected chi connectivity index (χ3v) is 6.08. The summed E-state index contributed by atoms with van der Waals surface area (Å²) >= 11 is 10.1. The van der Waals surface area contributed by atoms with E-state index >= 15 is 0 Å². The fraction of sp³-hybridized carbons (Fsp3) is 0.182. The number of hydrogen-bond donors (Lipinski definition) is 0. The van der Waals surface area contributed by atoms with Gasteiger partial charge < -0.3 is 9.47 Å². The lowest BCUT2D eigenvalue weighted by atomic mass is 10.1. The average Bonchev–Trinajstić information content (AvgIpc) is 2.97. The van der Waals surface area contributed by atoms with E-state index in [1.54, 1.807) is 24.3 Å². The highest BCUT2D eigenvalue weighted by Gasteiger charge is 2.31. The van der Waals surface area contributed by atoms with Crippen molar-refractivity contribution in [3.8, 4) is 11.5 Å². The summed E-state index contributed by atoms with van der Waals surface area (Å²) in [6.07, 6.45) is 3.42.